The lowest BCUT2D eigenvalue weighted by molar-refractivity contribution is 0.0499. The lowest BCUT2D eigenvalue weighted by atomic mass is 10.1. The number of nitrogens with zero attached hydrogens (tertiary/aromatic N) is 2. The number of carbonyl (C=O) groups excluding carboxylic acids is 1. The maximum absolute atomic E-state index is 12.1. The minimum absolute atomic E-state index is 0.314. The summed E-state index contributed by atoms with van der Waals surface area (Å²) in [6, 6.07) is 23.8. The van der Waals surface area contributed by atoms with E-state index in [-0.39, 0.29) is 5.97 Å². The average Bonchev–Trinajstić information content (AvgIpc) is 3.55. The zero-order valence-electron chi connectivity index (χ0n) is 19.6. The van der Waals surface area contributed by atoms with Crippen molar-refractivity contribution in [2.45, 2.75) is 19.8 Å². The van der Waals surface area contributed by atoms with Gasteiger partial charge < -0.3 is 13.6 Å². The van der Waals surface area contributed by atoms with E-state index in [0.29, 0.717) is 45.7 Å². The van der Waals surface area contributed by atoms with E-state index in [1.807, 2.05) is 60.7 Å². The van der Waals surface area contributed by atoms with Gasteiger partial charge in [-0.15, -0.1) is 0 Å². The zero-order valence-corrected chi connectivity index (χ0v) is 20.4. The van der Waals surface area contributed by atoms with Crippen molar-refractivity contribution in [2.75, 3.05) is 6.61 Å². The molecule has 6 nitrogen and oxygen atoms in total. The van der Waals surface area contributed by atoms with Gasteiger partial charge in [-0.05, 0) is 67.1 Å². The Morgan fingerprint density at radius 1 is 1.00 bits per heavy atom. The highest BCUT2D eigenvalue weighted by Gasteiger charge is 2.11. The first kappa shape index (κ1) is 23.6. The monoisotopic (exact) mass is 498 g/mol. The van der Waals surface area contributed by atoms with Gasteiger partial charge in [0, 0.05) is 16.1 Å². The molecule has 0 spiro atoms. The topological polar surface area (TPSA) is 77.8 Å². The van der Waals surface area contributed by atoms with Gasteiger partial charge >= 0.3 is 5.97 Å². The molecule has 0 saturated carbocycles. The van der Waals surface area contributed by atoms with Crippen LogP contribution in [0.4, 0.5) is 5.69 Å². The lowest BCUT2D eigenvalue weighted by Crippen LogP contribution is -2.05. The molecular weight excluding hydrogens is 476 g/mol. The zero-order chi connectivity index (χ0) is 24.9. The van der Waals surface area contributed by atoms with Gasteiger partial charge in [0.05, 0.1) is 24.1 Å². The maximum atomic E-state index is 12.1. The molecule has 0 atom stereocenters. The third kappa shape index (κ3) is 5.39. The van der Waals surface area contributed by atoms with E-state index < -0.39 is 0 Å². The molecule has 5 rings (SSSR count). The fourth-order valence-corrected chi connectivity index (χ4v) is 3.81. The number of esters is 1. The standard InChI is InChI=1S/C29H23ClN2O4/c1-2-3-15-34-29(33)20-9-7-19(8-10-20)26-14-12-24(35-26)18-31-23-11-13-27-25(17-23)32-28(36-27)21-5-4-6-22(30)16-21/h4-14,16-18H,2-3,15H2,1H3. The molecule has 2 heterocycles. The number of oxazole rings is 1. The molecule has 0 aliphatic heterocycles. The molecule has 7 heteroatoms. The van der Waals surface area contributed by atoms with Crippen LogP contribution < -0.4 is 0 Å². The number of hydrogen-bond acceptors (Lipinski definition) is 6. The Morgan fingerprint density at radius 2 is 1.86 bits per heavy atom. The van der Waals surface area contributed by atoms with Crippen molar-refractivity contribution in [2.24, 2.45) is 4.99 Å². The summed E-state index contributed by atoms with van der Waals surface area (Å²) in [5.74, 6) is 1.48. The molecule has 0 aliphatic rings. The predicted octanol–water partition coefficient (Wildman–Crippen LogP) is 8.12. The molecule has 3 aromatic carbocycles. The van der Waals surface area contributed by atoms with E-state index in [4.69, 9.17) is 25.2 Å². The molecule has 2 aromatic heterocycles. The number of furan rings is 1. The Kier molecular flexibility index (Phi) is 6.96. The molecule has 0 radical (unpaired) electrons. The smallest absolute Gasteiger partial charge is 0.338 e. The van der Waals surface area contributed by atoms with Crippen LogP contribution in [0.2, 0.25) is 5.02 Å². The van der Waals surface area contributed by atoms with Gasteiger partial charge in [0.2, 0.25) is 5.89 Å². The highest BCUT2D eigenvalue weighted by atomic mass is 35.5. The van der Waals surface area contributed by atoms with Gasteiger partial charge in [-0.3, -0.25) is 4.99 Å². The quantitative estimate of drug-likeness (QED) is 0.123. The number of halogens is 1. The van der Waals surface area contributed by atoms with E-state index in [2.05, 4.69) is 16.9 Å². The predicted molar refractivity (Wildman–Crippen MR) is 141 cm³/mol. The summed E-state index contributed by atoms with van der Waals surface area (Å²) in [5.41, 5.74) is 4.28. The first-order chi connectivity index (χ1) is 17.6. The summed E-state index contributed by atoms with van der Waals surface area (Å²) in [7, 11) is 0. The summed E-state index contributed by atoms with van der Waals surface area (Å²) < 4.78 is 17.0. The minimum atomic E-state index is -0.314. The first-order valence-electron chi connectivity index (χ1n) is 11.7. The number of aliphatic imine (C=N–C) groups is 1. The van der Waals surface area contributed by atoms with Gasteiger partial charge in [-0.1, -0.05) is 43.1 Å². The molecule has 180 valence electrons. The van der Waals surface area contributed by atoms with E-state index in [1.54, 1.807) is 24.4 Å². The molecule has 5 aromatic rings. The van der Waals surface area contributed by atoms with Crippen LogP contribution in [-0.2, 0) is 4.74 Å². The lowest BCUT2D eigenvalue weighted by Gasteiger charge is -2.04. The number of aromatic nitrogens is 1. The molecular formula is C29H23ClN2O4. The van der Waals surface area contributed by atoms with E-state index in [9.17, 15) is 4.79 Å². The van der Waals surface area contributed by atoms with E-state index in [0.717, 1.165) is 29.7 Å². The molecule has 0 bridgehead atoms. The molecule has 0 saturated heterocycles. The second kappa shape index (κ2) is 10.6. The average molecular weight is 499 g/mol. The van der Waals surface area contributed by atoms with E-state index >= 15 is 0 Å². The molecule has 0 N–H and O–H groups in total. The number of fused-ring (bicyclic) bond motifs is 1. The Labute approximate surface area is 213 Å². The van der Waals surface area contributed by atoms with E-state index in [1.165, 1.54) is 0 Å². The molecule has 0 aliphatic carbocycles. The molecule has 0 amide bonds. The first-order valence-corrected chi connectivity index (χ1v) is 12.0. The van der Waals surface area contributed by atoms with Crippen molar-refractivity contribution >= 4 is 40.6 Å². The summed E-state index contributed by atoms with van der Waals surface area (Å²) in [6.45, 7) is 2.49. The van der Waals surface area contributed by atoms with Crippen LogP contribution in [0.3, 0.4) is 0 Å². The van der Waals surface area contributed by atoms with Crippen LogP contribution in [0.25, 0.3) is 33.9 Å². The normalized spacial score (nSPS) is 11.4. The molecule has 36 heavy (non-hydrogen) atoms. The highest BCUT2D eigenvalue weighted by molar-refractivity contribution is 6.30. The Bertz CT molecular complexity index is 1530. The van der Waals surface area contributed by atoms with Crippen molar-refractivity contribution in [3.05, 3.63) is 95.2 Å². The number of rotatable bonds is 8. The van der Waals surface area contributed by atoms with Crippen LogP contribution in [0.1, 0.15) is 35.9 Å². The third-order valence-electron chi connectivity index (χ3n) is 5.55. The van der Waals surface area contributed by atoms with Gasteiger partial charge in [0.1, 0.15) is 17.0 Å². The molecule has 0 unspecified atom stereocenters. The Balaban J connectivity index is 1.28. The van der Waals surface area contributed by atoms with Crippen LogP contribution >= 0.6 is 11.6 Å². The van der Waals surface area contributed by atoms with Crippen molar-refractivity contribution in [3.8, 4) is 22.8 Å². The van der Waals surface area contributed by atoms with Crippen molar-refractivity contribution in [1.29, 1.82) is 0 Å². The summed E-state index contributed by atoms with van der Waals surface area (Å²) >= 11 is 6.08. The highest BCUT2D eigenvalue weighted by Crippen LogP contribution is 2.29. The third-order valence-corrected chi connectivity index (χ3v) is 5.78. The Hall–Kier alpha value is -4.16. The number of ether oxygens (including phenoxy) is 1. The Morgan fingerprint density at radius 3 is 2.67 bits per heavy atom. The fraction of sp³-hybridized carbons (Fsp3) is 0.138. The fourth-order valence-electron chi connectivity index (χ4n) is 3.62. The van der Waals surface area contributed by atoms with Crippen molar-refractivity contribution in [1.82, 2.24) is 4.98 Å². The maximum Gasteiger partial charge on any atom is 0.338 e. The largest absolute Gasteiger partial charge is 0.462 e. The SMILES string of the molecule is CCCCOC(=O)c1ccc(-c2ccc(C=Nc3ccc4oc(-c5cccc(Cl)c5)nc4c3)o2)cc1. The van der Waals surface area contributed by atoms with Gasteiger partial charge in [-0.2, -0.15) is 0 Å². The van der Waals surface area contributed by atoms with Crippen LogP contribution in [0, 0.1) is 0 Å². The van der Waals surface area contributed by atoms with Crippen molar-refractivity contribution in [3.63, 3.8) is 0 Å². The number of unbranched alkanes of at least 4 members (excludes halogenated alkanes) is 1. The number of carbonyl (C=O) groups is 1. The van der Waals surface area contributed by atoms with Gasteiger partial charge in [0.15, 0.2) is 5.58 Å². The second-order valence-corrected chi connectivity index (χ2v) is 8.64. The van der Waals surface area contributed by atoms with Crippen LogP contribution in [0.15, 0.2) is 92.7 Å². The van der Waals surface area contributed by atoms with Gasteiger partial charge in [0.25, 0.3) is 0 Å². The summed E-state index contributed by atoms with van der Waals surface area (Å²) in [4.78, 5) is 21.2. The molecule has 0 fully saturated rings. The van der Waals surface area contributed by atoms with Gasteiger partial charge in [-0.25, -0.2) is 9.78 Å². The summed E-state index contributed by atoms with van der Waals surface area (Å²) in [5, 5.41) is 0.624. The van der Waals surface area contributed by atoms with Crippen LogP contribution in [0.5, 0.6) is 0 Å². The van der Waals surface area contributed by atoms with Crippen molar-refractivity contribution < 1.29 is 18.4 Å². The van der Waals surface area contributed by atoms with Crippen LogP contribution in [-0.4, -0.2) is 23.8 Å². The number of benzene rings is 3. The minimum Gasteiger partial charge on any atom is -0.462 e. The summed E-state index contributed by atoms with van der Waals surface area (Å²) in [6.07, 6.45) is 3.50. The second-order valence-electron chi connectivity index (χ2n) is 8.21. The number of hydrogen-bond donors (Lipinski definition) is 0.